The van der Waals surface area contributed by atoms with Crippen molar-refractivity contribution in [1.82, 2.24) is 14.8 Å². The Morgan fingerprint density at radius 1 is 1.40 bits per heavy atom. The molecule has 0 aromatic carbocycles. The fourth-order valence-electron chi connectivity index (χ4n) is 1.99. The molecule has 0 bridgehead atoms. The quantitative estimate of drug-likeness (QED) is 0.804. The predicted molar refractivity (Wildman–Crippen MR) is 78.4 cm³/mol. The van der Waals surface area contributed by atoms with E-state index in [2.05, 4.69) is 14.8 Å². The van der Waals surface area contributed by atoms with Crippen molar-refractivity contribution in [2.45, 2.75) is 11.1 Å². The van der Waals surface area contributed by atoms with Gasteiger partial charge < -0.3 is 0 Å². The molecular weight excluding hydrogens is 296 g/mol. The Hall–Kier alpha value is -1.93. The number of rotatable bonds is 3. The highest BCUT2D eigenvalue weighted by atomic mass is 32.2. The van der Waals surface area contributed by atoms with Crippen LogP contribution in [0.25, 0.3) is 11.0 Å². The van der Waals surface area contributed by atoms with Gasteiger partial charge in [-0.25, -0.2) is 13.4 Å². The van der Waals surface area contributed by atoms with Crippen LogP contribution < -0.4 is 4.72 Å². The molecule has 6 nitrogen and oxygen atoms in total. The van der Waals surface area contributed by atoms with E-state index >= 15 is 0 Å². The van der Waals surface area contributed by atoms with Crippen molar-refractivity contribution in [3.05, 3.63) is 35.5 Å². The molecule has 0 atom stereocenters. The minimum Gasteiger partial charge on any atom is -0.277 e. The van der Waals surface area contributed by atoms with Crippen LogP contribution >= 0.6 is 11.3 Å². The van der Waals surface area contributed by atoms with Crippen LogP contribution in [0.1, 0.15) is 5.69 Å². The first-order chi connectivity index (χ1) is 9.47. The topological polar surface area (TPSA) is 76.9 Å². The van der Waals surface area contributed by atoms with Crippen molar-refractivity contribution in [2.75, 3.05) is 4.72 Å². The van der Waals surface area contributed by atoms with E-state index in [9.17, 15) is 8.42 Å². The van der Waals surface area contributed by atoms with Gasteiger partial charge in [0.1, 0.15) is 4.21 Å². The molecule has 0 aliphatic rings. The summed E-state index contributed by atoms with van der Waals surface area (Å²) in [5.74, 6) is 0. The summed E-state index contributed by atoms with van der Waals surface area (Å²) in [5, 5.41) is 6.81. The Bertz CT molecular complexity index is 866. The second-order valence-corrected chi connectivity index (χ2v) is 7.20. The molecule has 20 heavy (non-hydrogen) atoms. The van der Waals surface area contributed by atoms with Crippen molar-refractivity contribution in [3.8, 4) is 0 Å². The minimum atomic E-state index is -3.54. The smallest absolute Gasteiger partial charge is 0.271 e. The maximum atomic E-state index is 12.1. The SMILES string of the molecule is Cc1nn(C)c2ncc(NS(=O)(=O)c3cccs3)cc12. The van der Waals surface area contributed by atoms with E-state index in [1.54, 1.807) is 35.3 Å². The molecule has 1 N–H and O–H groups in total. The van der Waals surface area contributed by atoms with E-state index in [0.29, 0.717) is 5.69 Å². The van der Waals surface area contributed by atoms with Gasteiger partial charge in [-0.1, -0.05) is 6.07 Å². The van der Waals surface area contributed by atoms with Gasteiger partial charge >= 0.3 is 0 Å². The average Bonchev–Trinajstić information content (AvgIpc) is 2.99. The van der Waals surface area contributed by atoms with Gasteiger partial charge in [-0.15, -0.1) is 11.3 Å². The molecule has 0 spiro atoms. The third-order valence-corrected chi connectivity index (χ3v) is 5.65. The lowest BCUT2D eigenvalue weighted by molar-refractivity contribution is 0.603. The molecule has 0 radical (unpaired) electrons. The molecule has 3 aromatic heterocycles. The molecule has 0 aliphatic heterocycles. The Morgan fingerprint density at radius 3 is 2.90 bits per heavy atom. The molecule has 0 fully saturated rings. The van der Waals surface area contributed by atoms with Crippen molar-refractivity contribution in [3.63, 3.8) is 0 Å². The molecule has 3 aromatic rings. The molecule has 0 aliphatic carbocycles. The maximum Gasteiger partial charge on any atom is 0.271 e. The van der Waals surface area contributed by atoms with Crippen molar-refractivity contribution in [2.24, 2.45) is 7.05 Å². The largest absolute Gasteiger partial charge is 0.277 e. The van der Waals surface area contributed by atoms with E-state index in [-0.39, 0.29) is 4.21 Å². The lowest BCUT2D eigenvalue weighted by Crippen LogP contribution is -2.11. The summed E-state index contributed by atoms with van der Waals surface area (Å²) in [6.45, 7) is 1.86. The predicted octanol–water partition coefficient (Wildman–Crippen LogP) is 2.14. The lowest BCUT2D eigenvalue weighted by atomic mass is 10.3. The van der Waals surface area contributed by atoms with Gasteiger partial charge in [-0.3, -0.25) is 9.40 Å². The van der Waals surface area contributed by atoms with Crippen LogP contribution in [-0.2, 0) is 17.1 Å². The molecule has 8 heteroatoms. The van der Waals surface area contributed by atoms with Crippen LogP contribution in [0, 0.1) is 6.92 Å². The first-order valence-corrected chi connectivity index (χ1v) is 8.19. The van der Waals surface area contributed by atoms with Crippen molar-refractivity contribution in [1.29, 1.82) is 0 Å². The zero-order chi connectivity index (χ0) is 14.3. The molecule has 0 saturated carbocycles. The number of sulfonamides is 1. The monoisotopic (exact) mass is 308 g/mol. The summed E-state index contributed by atoms with van der Waals surface area (Å²) < 4.78 is 28.8. The molecule has 104 valence electrons. The lowest BCUT2D eigenvalue weighted by Gasteiger charge is -2.05. The van der Waals surface area contributed by atoms with Crippen molar-refractivity contribution >= 4 is 38.1 Å². The number of pyridine rings is 1. The van der Waals surface area contributed by atoms with Crippen LogP contribution in [0.4, 0.5) is 5.69 Å². The van der Waals surface area contributed by atoms with E-state index in [1.165, 1.54) is 17.5 Å². The number of aryl methyl sites for hydroxylation is 2. The highest BCUT2D eigenvalue weighted by molar-refractivity contribution is 7.94. The second-order valence-electron chi connectivity index (χ2n) is 4.34. The standard InChI is InChI=1S/C12H12N4O2S2/c1-8-10-6-9(7-13-12(10)16(2)14-8)15-20(17,18)11-4-3-5-19-11/h3-7,15H,1-2H3. The summed E-state index contributed by atoms with van der Waals surface area (Å²) in [6.07, 6.45) is 1.49. The summed E-state index contributed by atoms with van der Waals surface area (Å²) in [5.41, 5.74) is 1.97. The fraction of sp³-hybridized carbons (Fsp3) is 0.167. The van der Waals surface area contributed by atoms with E-state index in [1.807, 2.05) is 6.92 Å². The summed E-state index contributed by atoms with van der Waals surface area (Å²) >= 11 is 1.17. The van der Waals surface area contributed by atoms with Gasteiger partial charge in [-0.05, 0) is 24.4 Å². The van der Waals surface area contributed by atoms with E-state index in [0.717, 1.165) is 16.7 Å². The summed E-state index contributed by atoms with van der Waals surface area (Å²) in [7, 11) is -1.74. The molecule has 0 unspecified atom stereocenters. The number of hydrogen-bond donors (Lipinski definition) is 1. The Labute approximate surface area is 120 Å². The van der Waals surface area contributed by atoms with Gasteiger partial charge in [0.2, 0.25) is 0 Å². The van der Waals surface area contributed by atoms with Gasteiger partial charge in [0.15, 0.2) is 5.65 Å². The highest BCUT2D eigenvalue weighted by Gasteiger charge is 2.16. The van der Waals surface area contributed by atoms with Crippen LogP contribution in [-0.4, -0.2) is 23.2 Å². The number of anilines is 1. The van der Waals surface area contributed by atoms with Crippen molar-refractivity contribution < 1.29 is 8.42 Å². The fourth-order valence-corrected chi connectivity index (χ4v) is 4.01. The first-order valence-electron chi connectivity index (χ1n) is 5.83. The number of fused-ring (bicyclic) bond motifs is 1. The van der Waals surface area contributed by atoms with Crippen LogP contribution in [0.15, 0.2) is 34.0 Å². The second kappa shape index (κ2) is 4.57. The Balaban J connectivity index is 2.02. The number of hydrogen-bond acceptors (Lipinski definition) is 5. The summed E-state index contributed by atoms with van der Waals surface area (Å²) in [4.78, 5) is 4.24. The van der Waals surface area contributed by atoms with Gasteiger partial charge in [0.05, 0.1) is 17.6 Å². The zero-order valence-corrected chi connectivity index (χ0v) is 12.5. The molecule has 0 saturated heterocycles. The highest BCUT2D eigenvalue weighted by Crippen LogP contribution is 2.23. The maximum absolute atomic E-state index is 12.1. The zero-order valence-electron chi connectivity index (χ0n) is 10.9. The molecule has 3 heterocycles. The Kier molecular flexibility index (Phi) is 2.98. The third-order valence-electron chi connectivity index (χ3n) is 2.88. The van der Waals surface area contributed by atoms with Gasteiger partial charge in [0, 0.05) is 12.4 Å². The van der Waals surface area contributed by atoms with Crippen LogP contribution in [0.2, 0.25) is 0 Å². The number of nitrogens with one attached hydrogen (secondary N) is 1. The first kappa shape index (κ1) is 13.1. The van der Waals surface area contributed by atoms with Crippen LogP contribution in [0.5, 0.6) is 0 Å². The molecule has 3 rings (SSSR count). The molecular formula is C12H12N4O2S2. The molecule has 0 amide bonds. The minimum absolute atomic E-state index is 0.278. The number of nitrogens with zero attached hydrogens (tertiary/aromatic N) is 3. The normalized spacial score (nSPS) is 11.9. The summed E-state index contributed by atoms with van der Waals surface area (Å²) in [6, 6.07) is 5.01. The Morgan fingerprint density at radius 2 is 2.20 bits per heavy atom. The van der Waals surface area contributed by atoms with E-state index in [4.69, 9.17) is 0 Å². The van der Waals surface area contributed by atoms with E-state index < -0.39 is 10.0 Å². The van der Waals surface area contributed by atoms with Crippen LogP contribution in [0.3, 0.4) is 0 Å². The third kappa shape index (κ3) is 2.16. The average molecular weight is 308 g/mol. The van der Waals surface area contributed by atoms with Gasteiger partial charge in [0.25, 0.3) is 10.0 Å². The van der Waals surface area contributed by atoms with Gasteiger partial charge in [-0.2, -0.15) is 5.10 Å². The number of thiophene rings is 1. The number of aromatic nitrogens is 3.